The molecule has 0 atom stereocenters. The molecule has 0 unspecified atom stereocenters. The highest BCUT2D eigenvalue weighted by atomic mass is 32.1. The Morgan fingerprint density at radius 1 is 0.846 bits per heavy atom. The predicted octanol–water partition coefficient (Wildman–Crippen LogP) is 5.49. The van der Waals surface area contributed by atoms with Crippen LogP contribution in [0.5, 0.6) is 11.5 Å². The molecular formula is C31H40N2O5S. The number of thiophene rings is 1. The van der Waals surface area contributed by atoms with E-state index >= 15 is 0 Å². The topological polar surface area (TPSA) is 68.3 Å². The first-order valence-electron chi connectivity index (χ1n) is 13.4. The molecule has 8 heteroatoms. The van der Waals surface area contributed by atoms with Crippen LogP contribution in [0.2, 0.25) is 0 Å². The Hall–Kier alpha value is -3.36. The maximum absolute atomic E-state index is 13.6. The molecule has 0 radical (unpaired) electrons. The fourth-order valence-electron chi connectivity index (χ4n) is 4.18. The Morgan fingerprint density at radius 2 is 1.62 bits per heavy atom. The number of carbonyl (C=O) groups is 2. The fraction of sp³-hybridized carbons (Fsp3) is 0.419. The van der Waals surface area contributed by atoms with Crippen LogP contribution in [-0.4, -0.2) is 62.1 Å². The maximum Gasteiger partial charge on any atom is 0.249 e. The fourth-order valence-corrected chi connectivity index (χ4v) is 5.08. The molecule has 0 saturated carbocycles. The molecule has 0 aliphatic heterocycles. The van der Waals surface area contributed by atoms with E-state index in [1.165, 1.54) is 4.88 Å². The Labute approximate surface area is 236 Å². The molecule has 0 bridgehead atoms. The van der Waals surface area contributed by atoms with Gasteiger partial charge in [0.25, 0.3) is 0 Å². The molecule has 0 fully saturated rings. The minimum Gasteiger partial charge on any atom is -0.493 e. The van der Waals surface area contributed by atoms with Crippen molar-refractivity contribution in [2.24, 2.45) is 0 Å². The summed E-state index contributed by atoms with van der Waals surface area (Å²) in [4.78, 5) is 32.5. The zero-order valence-corrected chi connectivity index (χ0v) is 24.3. The molecule has 210 valence electrons. The van der Waals surface area contributed by atoms with Gasteiger partial charge in [-0.3, -0.25) is 9.59 Å². The third-order valence-electron chi connectivity index (χ3n) is 6.41. The van der Waals surface area contributed by atoms with Gasteiger partial charge in [-0.1, -0.05) is 49.7 Å². The molecule has 0 saturated heterocycles. The molecular weight excluding hydrogens is 512 g/mol. The molecule has 7 nitrogen and oxygen atoms in total. The van der Waals surface area contributed by atoms with E-state index in [1.54, 1.807) is 30.5 Å². The van der Waals surface area contributed by atoms with Crippen molar-refractivity contribution < 1.29 is 23.8 Å². The summed E-state index contributed by atoms with van der Waals surface area (Å²) in [6, 6.07) is 19.7. The summed E-state index contributed by atoms with van der Waals surface area (Å²) in [7, 11) is 3.22. The molecule has 1 aromatic heterocycles. The smallest absolute Gasteiger partial charge is 0.249 e. The van der Waals surface area contributed by atoms with Crippen LogP contribution < -0.4 is 9.47 Å². The minimum atomic E-state index is -0.167. The van der Waals surface area contributed by atoms with E-state index in [9.17, 15) is 9.59 Å². The highest BCUT2D eigenvalue weighted by Gasteiger charge is 2.22. The predicted molar refractivity (Wildman–Crippen MR) is 155 cm³/mol. The van der Waals surface area contributed by atoms with Crippen molar-refractivity contribution in [1.29, 1.82) is 0 Å². The van der Waals surface area contributed by atoms with Crippen LogP contribution in [0.25, 0.3) is 0 Å². The van der Waals surface area contributed by atoms with E-state index in [0.717, 1.165) is 28.8 Å². The van der Waals surface area contributed by atoms with Crippen molar-refractivity contribution in [3.8, 4) is 11.5 Å². The van der Waals surface area contributed by atoms with E-state index in [4.69, 9.17) is 14.2 Å². The molecule has 0 spiro atoms. The average Bonchev–Trinajstić information content (AvgIpc) is 3.37. The SMILES string of the molecule is CCCCN(CC(=O)N(CCc1ccc(OC)c(OC)c1)Cc1ccc(C)s1)C(=O)COCc1ccccc1. The van der Waals surface area contributed by atoms with Gasteiger partial charge in [-0.15, -0.1) is 11.3 Å². The number of amides is 2. The second-order valence-electron chi connectivity index (χ2n) is 9.41. The normalized spacial score (nSPS) is 10.8. The summed E-state index contributed by atoms with van der Waals surface area (Å²) in [6.07, 6.45) is 2.41. The maximum atomic E-state index is 13.6. The van der Waals surface area contributed by atoms with Crippen molar-refractivity contribution in [2.75, 3.05) is 40.5 Å². The summed E-state index contributed by atoms with van der Waals surface area (Å²) in [5.41, 5.74) is 2.05. The van der Waals surface area contributed by atoms with Crippen molar-refractivity contribution in [1.82, 2.24) is 9.80 Å². The standard InChI is InChI=1S/C31H40N2O5S/c1-5-6-17-32(31(35)23-38-22-26-10-8-7-9-11-26)21-30(34)33(20-27-14-12-24(2)39-27)18-16-25-13-15-28(36-3)29(19-25)37-4/h7-15,19H,5-6,16-18,20-23H2,1-4H3. The number of aryl methyl sites for hydroxylation is 1. The average molecular weight is 553 g/mol. The van der Waals surface area contributed by atoms with Crippen LogP contribution >= 0.6 is 11.3 Å². The van der Waals surface area contributed by atoms with Gasteiger partial charge in [-0.05, 0) is 55.2 Å². The Morgan fingerprint density at radius 3 is 2.28 bits per heavy atom. The lowest BCUT2D eigenvalue weighted by Crippen LogP contribution is -2.44. The summed E-state index contributed by atoms with van der Waals surface area (Å²) < 4.78 is 16.5. The van der Waals surface area contributed by atoms with Gasteiger partial charge in [-0.25, -0.2) is 0 Å². The second kappa shape index (κ2) is 15.9. The summed E-state index contributed by atoms with van der Waals surface area (Å²) in [5, 5.41) is 0. The van der Waals surface area contributed by atoms with Crippen LogP contribution in [0.4, 0.5) is 0 Å². The number of rotatable bonds is 16. The molecule has 3 rings (SSSR count). The van der Waals surface area contributed by atoms with E-state index < -0.39 is 0 Å². The summed E-state index contributed by atoms with van der Waals surface area (Å²) in [6.45, 7) is 6.02. The third kappa shape index (κ3) is 9.71. The van der Waals surface area contributed by atoms with Crippen LogP contribution in [0.1, 0.15) is 40.6 Å². The van der Waals surface area contributed by atoms with E-state index in [2.05, 4.69) is 26.0 Å². The van der Waals surface area contributed by atoms with E-state index in [1.807, 2.05) is 53.4 Å². The Bertz CT molecular complexity index is 1180. The zero-order chi connectivity index (χ0) is 28.0. The third-order valence-corrected chi connectivity index (χ3v) is 7.40. The number of hydrogen-bond acceptors (Lipinski definition) is 6. The van der Waals surface area contributed by atoms with Gasteiger partial charge in [-0.2, -0.15) is 0 Å². The van der Waals surface area contributed by atoms with Crippen LogP contribution in [0.15, 0.2) is 60.7 Å². The molecule has 0 aliphatic carbocycles. The van der Waals surface area contributed by atoms with Gasteiger partial charge in [0.1, 0.15) is 6.61 Å². The molecule has 3 aromatic rings. The molecule has 0 aliphatic rings. The number of unbranched alkanes of at least 4 members (excludes halogenated alkanes) is 1. The van der Waals surface area contributed by atoms with Crippen LogP contribution in [-0.2, 0) is 33.9 Å². The van der Waals surface area contributed by atoms with Gasteiger partial charge in [0.05, 0.1) is 33.9 Å². The summed E-state index contributed by atoms with van der Waals surface area (Å²) in [5.74, 6) is 1.09. The van der Waals surface area contributed by atoms with Crippen molar-refractivity contribution in [3.63, 3.8) is 0 Å². The molecule has 0 N–H and O–H groups in total. The first-order chi connectivity index (χ1) is 18.9. The monoisotopic (exact) mass is 552 g/mol. The van der Waals surface area contributed by atoms with Crippen molar-refractivity contribution in [3.05, 3.63) is 81.5 Å². The lowest BCUT2D eigenvalue weighted by Gasteiger charge is -2.28. The van der Waals surface area contributed by atoms with Crippen LogP contribution in [0.3, 0.4) is 0 Å². The molecule has 39 heavy (non-hydrogen) atoms. The molecule has 2 amide bonds. The Balaban J connectivity index is 1.68. The minimum absolute atomic E-state index is 0.0316. The number of carbonyl (C=O) groups excluding carboxylic acids is 2. The van der Waals surface area contributed by atoms with Gasteiger partial charge in [0.2, 0.25) is 11.8 Å². The molecule has 1 heterocycles. The van der Waals surface area contributed by atoms with Gasteiger partial charge < -0.3 is 24.0 Å². The zero-order valence-electron chi connectivity index (χ0n) is 23.5. The van der Waals surface area contributed by atoms with Crippen molar-refractivity contribution in [2.45, 2.75) is 46.3 Å². The van der Waals surface area contributed by atoms with Gasteiger partial charge in [0, 0.05) is 22.8 Å². The lowest BCUT2D eigenvalue weighted by molar-refractivity contribution is -0.143. The van der Waals surface area contributed by atoms with Crippen LogP contribution in [0, 0.1) is 6.92 Å². The van der Waals surface area contributed by atoms with Crippen molar-refractivity contribution >= 4 is 23.2 Å². The Kier molecular flexibility index (Phi) is 12.3. The number of benzene rings is 2. The second-order valence-corrected chi connectivity index (χ2v) is 10.8. The molecule has 2 aromatic carbocycles. The number of hydrogen-bond donors (Lipinski definition) is 0. The first kappa shape index (κ1) is 30.2. The first-order valence-corrected chi connectivity index (χ1v) is 14.2. The largest absolute Gasteiger partial charge is 0.493 e. The number of ether oxygens (including phenoxy) is 3. The quantitative estimate of drug-likeness (QED) is 0.235. The number of methoxy groups -OCH3 is 2. The van der Waals surface area contributed by atoms with Gasteiger partial charge in [0.15, 0.2) is 11.5 Å². The van der Waals surface area contributed by atoms with Gasteiger partial charge >= 0.3 is 0 Å². The van der Waals surface area contributed by atoms with E-state index in [-0.39, 0.29) is 25.0 Å². The van der Waals surface area contributed by atoms with E-state index in [0.29, 0.717) is 44.2 Å². The lowest BCUT2D eigenvalue weighted by atomic mass is 10.1. The summed E-state index contributed by atoms with van der Waals surface area (Å²) >= 11 is 1.68. The highest BCUT2D eigenvalue weighted by Crippen LogP contribution is 2.28. The highest BCUT2D eigenvalue weighted by molar-refractivity contribution is 7.11. The number of nitrogens with zero attached hydrogens (tertiary/aromatic N) is 2.